The number of H-pyrrole nitrogens is 1. The minimum Gasteiger partial charge on any atom is -0.497 e. The summed E-state index contributed by atoms with van der Waals surface area (Å²) in [6.07, 6.45) is 0. The first kappa shape index (κ1) is 18.2. The minimum atomic E-state index is 0.0397. The predicted octanol–water partition coefficient (Wildman–Crippen LogP) is 4.32. The lowest BCUT2D eigenvalue weighted by Gasteiger charge is -2.34. The molecule has 1 saturated heterocycles. The van der Waals surface area contributed by atoms with Crippen LogP contribution >= 0.6 is 22.7 Å². The maximum absolute atomic E-state index is 13.0. The highest BCUT2D eigenvalue weighted by Crippen LogP contribution is 2.29. The van der Waals surface area contributed by atoms with Crippen LogP contribution < -0.4 is 9.64 Å². The zero-order chi connectivity index (χ0) is 19.8. The van der Waals surface area contributed by atoms with Gasteiger partial charge in [-0.25, -0.2) is 4.98 Å². The molecule has 8 heteroatoms. The largest absolute Gasteiger partial charge is 0.497 e. The first-order valence-corrected chi connectivity index (χ1v) is 11.2. The van der Waals surface area contributed by atoms with Gasteiger partial charge < -0.3 is 19.5 Å². The summed E-state index contributed by atoms with van der Waals surface area (Å²) in [7, 11) is 1.64. The molecule has 1 aliphatic heterocycles. The van der Waals surface area contributed by atoms with E-state index in [2.05, 4.69) is 32.1 Å². The summed E-state index contributed by atoms with van der Waals surface area (Å²) in [5.74, 6) is 0.815. The van der Waals surface area contributed by atoms with Crippen LogP contribution in [-0.2, 0) is 0 Å². The normalized spacial score (nSPS) is 14.5. The van der Waals surface area contributed by atoms with Gasteiger partial charge in [0.05, 0.1) is 12.8 Å². The third kappa shape index (κ3) is 3.49. The van der Waals surface area contributed by atoms with Crippen LogP contribution in [0.15, 0.2) is 46.5 Å². The number of hydrogen-bond acceptors (Lipinski definition) is 6. The number of piperazine rings is 1. The van der Waals surface area contributed by atoms with Gasteiger partial charge in [0.25, 0.3) is 5.91 Å². The average Bonchev–Trinajstić information content (AvgIpc) is 3.52. The summed E-state index contributed by atoms with van der Waals surface area (Å²) in [5.41, 5.74) is 3.73. The Hall–Kier alpha value is -2.84. The monoisotopic (exact) mass is 424 g/mol. The summed E-state index contributed by atoms with van der Waals surface area (Å²) < 4.78 is 5.26. The number of ether oxygens (including phenoxy) is 1. The molecule has 148 valence electrons. The molecule has 4 heterocycles. The maximum atomic E-state index is 13.0. The Morgan fingerprint density at radius 2 is 2.00 bits per heavy atom. The van der Waals surface area contributed by atoms with Crippen LogP contribution in [0.4, 0.5) is 5.13 Å². The molecule has 0 unspecified atom stereocenters. The Bertz CT molecular complexity index is 1140. The molecule has 0 spiro atoms. The second kappa shape index (κ2) is 7.53. The molecule has 1 aromatic carbocycles. The standard InChI is InChI=1S/C21H20N4O2S2/c1-27-16-3-2-14-10-18(22-17(14)11-16)20(26)24-5-7-25(8-6-24)21-23-19(13-29-21)15-4-9-28-12-15/h2-4,9-13,22H,5-8H2,1H3. The Morgan fingerprint density at radius 1 is 1.14 bits per heavy atom. The van der Waals surface area contributed by atoms with Crippen molar-refractivity contribution in [3.05, 3.63) is 52.2 Å². The molecular formula is C21H20N4O2S2. The number of rotatable bonds is 4. The Balaban J connectivity index is 1.26. The number of benzene rings is 1. The Morgan fingerprint density at radius 3 is 2.76 bits per heavy atom. The van der Waals surface area contributed by atoms with Gasteiger partial charge in [-0.2, -0.15) is 11.3 Å². The van der Waals surface area contributed by atoms with Gasteiger partial charge in [0.1, 0.15) is 11.4 Å². The van der Waals surface area contributed by atoms with E-state index in [0.717, 1.165) is 40.6 Å². The van der Waals surface area contributed by atoms with Crippen molar-refractivity contribution in [1.29, 1.82) is 0 Å². The minimum absolute atomic E-state index is 0.0397. The van der Waals surface area contributed by atoms with Crippen LogP contribution in [-0.4, -0.2) is 54.1 Å². The summed E-state index contributed by atoms with van der Waals surface area (Å²) in [5, 5.41) is 8.32. The van der Waals surface area contributed by atoms with Crippen molar-refractivity contribution in [2.75, 3.05) is 38.2 Å². The topological polar surface area (TPSA) is 61.5 Å². The number of nitrogens with one attached hydrogen (secondary N) is 1. The van der Waals surface area contributed by atoms with Gasteiger partial charge in [0.15, 0.2) is 5.13 Å². The second-order valence-electron chi connectivity index (χ2n) is 6.94. The molecule has 1 amide bonds. The number of anilines is 1. The summed E-state index contributed by atoms with van der Waals surface area (Å²) in [4.78, 5) is 25.1. The lowest BCUT2D eigenvalue weighted by Crippen LogP contribution is -2.48. The molecule has 1 aliphatic rings. The molecule has 0 aliphatic carbocycles. The number of carbonyl (C=O) groups excluding carboxylic acids is 1. The van der Waals surface area contributed by atoms with Crippen LogP contribution in [0.2, 0.25) is 0 Å². The molecule has 1 fully saturated rings. The van der Waals surface area contributed by atoms with E-state index in [0.29, 0.717) is 18.8 Å². The Labute approximate surface area is 176 Å². The SMILES string of the molecule is COc1ccc2cc(C(=O)N3CCN(c4nc(-c5ccsc5)cs4)CC3)[nH]c2c1. The van der Waals surface area contributed by atoms with Gasteiger partial charge >= 0.3 is 0 Å². The van der Waals surface area contributed by atoms with Crippen LogP contribution in [0.1, 0.15) is 10.5 Å². The van der Waals surface area contributed by atoms with Crippen molar-refractivity contribution in [3.8, 4) is 17.0 Å². The lowest BCUT2D eigenvalue weighted by molar-refractivity contribution is 0.0742. The lowest BCUT2D eigenvalue weighted by atomic mass is 10.2. The third-order valence-corrected chi connectivity index (χ3v) is 6.79. The number of nitrogens with zero attached hydrogens (tertiary/aromatic N) is 3. The number of hydrogen-bond donors (Lipinski definition) is 1. The van der Waals surface area contributed by atoms with Crippen LogP contribution in [0.5, 0.6) is 5.75 Å². The Kier molecular flexibility index (Phi) is 4.73. The third-order valence-electron chi connectivity index (χ3n) is 5.21. The summed E-state index contributed by atoms with van der Waals surface area (Å²) >= 11 is 3.35. The van der Waals surface area contributed by atoms with Crippen molar-refractivity contribution in [2.24, 2.45) is 0 Å². The molecule has 0 saturated carbocycles. The molecule has 3 aromatic heterocycles. The van der Waals surface area contributed by atoms with Gasteiger partial charge in [0, 0.05) is 59.5 Å². The summed E-state index contributed by atoms with van der Waals surface area (Å²) in [6, 6.07) is 9.79. The molecule has 0 atom stereocenters. The maximum Gasteiger partial charge on any atom is 0.270 e. The number of fused-ring (bicyclic) bond motifs is 1. The van der Waals surface area contributed by atoms with Crippen molar-refractivity contribution in [1.82, 2.24) is 14.9 Å². The fraction of sp³-hybridized carbons (Fsp3) is 0.238. The zero-order valence-electron chi connectivity index (χ0n) is 15.9. The highest BCUT2D eigenvalue weighted by atomic mass is 32.1. The number of methoxy groups -OCH3 is 1. The molecule has 5 rings (SSSR count). The van der Waals surface area contributed by atoms with Crippen molar-refractivity contribution >= 4 is 44.6 Å². The molecule has 0 bridgehead atoms. The number of amides is 1. The van der Waals surface area contributed by atoms with Gasteiger partial charge in [0.2, 0.25) is 0 Å². The molecule has 1 N–H and O–H groups in total. The van der Waals surface area contributed by atoms with Crippen LogP contribution in [0.3, 0.4) is 0 Å². The van der Waals surface area contributed by atoms with E-state index in [4.69, 9.17) is 9.72 Å². The van der Waals surface area contributed by atoms with Crippen molar-refractivity contribution in [2.45, 2.75) is 0 Å². The van der Waals surface area contributed by atoms with Gasteiger partial charge in [-0.3, -0.25) is 4.79 Å². The van der Waals surface area contributed by atoms with Crippen LogP contribution in [0.25, 0.3) is 22.2 Å². The van der Waals surface area contributed by atoms with E-state index in [1.807, 2.05) is 29.2 Å². The van der Waals surface area contributed by atoms with E-state index >= 15 is 0 Å². The number of thiazole rings is 1. The van der Waals surface area contributed by atoms with E-state index in [-0.39, 0.29) is 5.91 Å². The molecule has 29 heavy (non-hydrogen) atoms. The first-order chi connectivity index (χ1) is 14.2. The smallest absolute Gasteiger partial charge is 0.270 e. The fourth-order valence-corrected chi connectivity index (χ4v) is 5.11. The molecule has 4 aromatic rings. The first-order valence-electron chi connectivity index (χ1n) is 9.40. The number of aromatic amines is 1. The van der Waals surface area contributed by atoms with Crippen molar-refractivity contribution < 1.29 is 9.53 Å². The quantitative estimate of drug-likeness (QED) is 0.530. The summed E-state index contributed by atoms with van der Waals surface area (Å²) in [6.45, 7) is 2.95. The fourth-order valence-electron chi connectivity index (χ4n) is 3.57. The van der Waals surface area contributed by atoms with Crippen molar-refractivity contribution in [3.63, 3.8) is 0 Å². The van der Waals surface area contributed by atoms with E-state index < -0.39 is 0 Å². The zero-order valence-corrected chi connectivity index (χ0v) is 17.6. The number of carbonyl (C=O) groups is 1. The molecular weight excluding hydrogens is 404 g/mol. The van der Waals surface area contributed by atoms with E-state index in [1.54, 1.807) is 29.8 Å². The number of thiophene rings is 1. The highest BCUT2D eigenvalue weighted by molar-refractivity contribution is 7.14. The second-order valence-corrected chi connectivity index (χ2v) is 8.56. The van der Waals surface area contributed by atoms with Crippen LogP contribution in [0, 0.1) is 0 Å². The van der Waals surface area contributed by atoms with E-state index in [1.165, 1.54) is 5.56 Å². The van der Waals surface area contributed by atoms with E-state index in [9.17, 15) is 4.79 Å². The predicted molar refractivity (Wildman–Crippen MR) is 118 cm³/mol. The van der Waals surface area contributed by atoms with Gasteiger partial charge in [-0.1, -0.05) is 0 Å². The van der Waals surface area contributed by atoms with Gasteiger partial charge in [-0.05, 0) is 29.6 Å². The van der Waals surface area contributed by atoms with Gasteiger partial charge in [-0.15, -0.1) is 11.3 Å². The highest BCUT2D eigenvalue weighted by Gasteiger charge is 2.25. The number of aromatic nitrogens is 2. The molecule has 0 radical (unpaired) electrons. The average molecular weight is 425 g/mol. The molecule has 6 nitrogen and oxygen atoms in total.